The summed E-state index contributed by atoms with van der Waals surface area (Å²) in [5.74, 6) is 1.78. The Kier molecular flexibility index (Phi) is 5.97. The average molecular weight is 451 g/mol. The predicted molar refractivity (Wildman–Crippen MR) is 129 cm³/mol. The summed E-state index contributed by atoms with van der Waals surface area (Å²) in [5.41, 5.74) is 3.08. The third-order valence-electron chi connectivity index (χ3n) is 6.07. The SMILES string of the molecule is COc1ccc(-c2coc3c4c(c(CC=C(C)C)c(OC)c3c2=O)OC(C(C)(C)O)C4)cc1. The molecule has 1 N–H and O–H groups in total. The summed E-state index contributed by atoms with van der Waals surface area (Å²) in [7, 11) is 3.15. The number of fused-ring (bicyclic) bond motifs is 3. The fourth-order valence-corrected chi connectivity index (χ4v) is 4.21. The first-order valence-corrected chi connectivity index (χ1v) is 11.0. The molecular weight excluding hydrogens is 420 g/mol. The van der Waals surface area contributed by atoms with Crippen LogP contribution in [0.4, 0.5) is 0 Å². The van der Waals surface area contributed by atoms with Crippen LogP contribution in [0, 0.1) is 0 Å². The highest BCUT2D eigenvalue weighted by atomic mass is 16.5. The highest BCUT2D eigenvalue weighted by Gasteiger charge is 2.39. The van der Waals surface area contributed by atoms with Crippen molar-refractivity contribution in [2.75, 3.05) is 14.2 Å². The molecule has 1 aliphatic heterocycles. The van der Waals surface area contributed by atoms with Crippen molar-refractivity contribution in [1.82, 2.24) is 0 Å². The summed E-state index contributed by atoms with van der Waals surface area (Å²) in [6, 6.07) is 7.27. The van der Waals surface area contributed by atoms with E-state index in [9.17, 15) is 9.90 Å². The molecule has 0 aliphatic carbocycles. The Bertz CT molecular complexity index is 1270. The Morgan fingerprint density at radius 2 is 1.88 bits per heavy atom. The van der Waals surface area contributed by atoms with E-state index >= 15 is 0 Å². The molecule has 2 aromatic carbocycles. The summed E-state index contributed by atoms with van der Waals surface area (Å²) < 4.78 is 23.3. The maximum Gasteiger partial charge on any atom is 0.204 e. The molecule has 0 bridgehead atoms. The van der Waals surface area contributed by atoms with Crippen molar-refractivity contribution < 1.29 is 23.7 Å². The van der Waals surface area contributed by atoms with Gasteiger partial charge in [0.2, 0.25) is 5.43 Å². The van der Waals surface area contributed by atoms with Gasteiger partial charge in [-0.25, -0.2) is 0 Å². The molecule has 1 aliphatic rings. The third kappa shape index (κ3) is 4.11. The summed E-state index contributed by atoms with van der Waals surface area (Å²) in [6.45, 7) is 7.47. The van der Waals surface area contributed by atoms with E-state index in [-0.39, 0.29) is 5.43 Å². The number of benzene rings is 2. The lowest BCUT2D eigenvalue weighted by molar-refractivity contribution is -0.0232. The van der Waals surface area contributed by atoms with Gasteiger partial charge in [-0.05, 0) is 51.8 Å². The van der Waals surface area contributed by atoms with Gasteiger partial charge >= 0.3 is 0 Å². The standard InChI is InChI=1S/C27H30O6/c1-15(2)7-12-18-24-19(13-21(33-24)27(3,4)29)26-22(25(18)31-6)23(28)20(14-32-26)16-8-10-17(30-5)11-9-16/h7-11,14,21,29H,12-13H2,1-6H3. The molecule has 2 heterocycles. The van der Waals surface area contributed by atoms with E-state index in [0.29, 0.717) is 46.6 Å². The van der Waals surface area contributed by atoms with Gasteiger partial charge in [-0.3, -0.25) is 4.79 Å². The van der Waals surface area contributed by atoms with Crippen LogP contribution >= 0.6 is 0 Å². The van der Waals surface area contributed by atoms with Crippen molar-refractivity contribution in [2.45, 2.75) is 52.2 Å². The molecule has 33 heavy (non-hydrogen) atoms. The Hall–Kier alpha value is -3.25. The Morgan fingerprint density at radius 1 is 1.18 bits per heavy atom. The Balaban J connectivity index is 2.00. The molecule has 3 aromatic rings. The maximum absolute atomic E-state index is 13.8. The minimum atomic E-state index is -1.06. The molecule has 0 amide bonds. The molecule has 4 rings (SSSR count). The van der Waals surface area contributed by atoms with Gasteiger partial charge in [0.25, 0.3) is 0 Å². The first-order valence-electron chi connectivity index (χ1n) is 11.0. The van der Waals surface area contributed by atoms with Gasteiger partial charge in [0.15, 0.2) is 0 Å². The highest BCUT2D eigenvalue weighted by Crippen LogP contribution is 2.46. The lowest BCUT2D eigenvalue weighted by atomic mass is 9.93. The molecule has 6 heteroatoms. The van der Waals surface area contributed by atoms with Crippen LogP contribution in [0.5, 0.6) is 17.2 Å². The topological polar surface area (TPSA) is 78.1 Å². The van der Waals surface area contributed by atoms with Crippen molar-refractivity contribution in [3.05, 3.63) is 63.5 Å². The molecule has 1 atom stereocenters. The molecule has 0 saturated carbocycles. The molecule has 1 unspecified atom stereocenters. The number of ether oxygens (including phenoxy) is 3. The van der Waals surface area contributed by atoms with Crippen LogP contribution in [-0.4, -0.2) is 31.0 Å². The quantitative estimate of drug-likeness (QED) is 0.529. The second-order valence-corrected chi connectivity index (χ2v) is 9.18. The molecule has 6 nitrogen and oxygen atoms in total. The fourth-order valence-electron chi connectivity index (χ4n) is 4.21. The normalized spacial score (nSPS) is 15.2. The van der Waals surface area contributed by atoms with Gasteiger partial charge < -0.3 is 23.7 Å². The second kappa shape index (κ2) is 8.60. The lowest BCUT2D eigenvalue weighted by Crippen LogP contribution is -2.39. The number of aliphatic hydroxyl groups is 1. The maximum atomic E-state index is 13.8. The summed E-state index contributed by atoms with van der Waals surface area (Å²) >= 11 is 0. The van der Waals surface area contributed by atoms with E-state index in [1.165, 1.54) is 6.26 Å². The Morgan fingerprint density at radius 3 is 2.45 bits per heavy atom. The zero-order chi connectivity index (χ0) is 23.9. The van der Waals surface area contributed by atoms with E-state index in [1.54, 1.807) is 40.2 Å². The summed E-state index contributed by atoms with van der Waals surface area (Å²) in [4.78, 5) is 13.8. The monoisotopic (exact) mass is 450 g/mol. The molecule has 0 fully saturated rings. The van der Waals surface area contributed by atoms with Crippen molar-refractivity contribution in [1.29, 1.82) is 0 Å². The van der Waals surface area contributed by atoms with Crippen LogP contribution in [0.2, 0.25) is 0 Å². The van der Waals surface area contributed by atoms with Crippen molar-refractivity contribution >= 4 is 11.0 Å². The number of hydrogen-bond donors (Lipinski definition) is 1. The Labute approximate surface area is 193 Å². The number of allylic oxidation sites excluding steroid dienone is 2. The predicted octanol–water partition coefficient (Wildman–Crippen LogP) is 5.06. The third-order valence-corrected chi connectivity index (χ3v) is 6.07. The smallest absolute Gasteiger partial charge is 0.204 e. The highest BCUT2D eigenvalue weighted by molar-refractivity contribution is 5.93. The minimum absolute atomic E-state index is 0.175. The van der Waals surface area contributed by atoms with Crippen LogP contribution in [0.25, 0.3) is 22.1 Å². The van der Waals surface area contributed by atoms with E-state index in [4.69, 9.17) is 18.6 Å². The van der Waals surface area contributed by atoms with Gasteiger partial charge in [0, 0.05) is 17.5 Å². The van der Waals surface area contributed by atoms with Gasteiger partial charge in [0.1, 0.15) is 40.6 Å². The molecular formula is C27H30O6. The van der Waals surface area contributed by atoms with Crippen LogP contribution in [0.15, 0.2) is 51.4 Å². The van der Waals surface area contributed by atoms with Crippen LogP contribution in [0.1, 0.15) is 38.8 Å². The average Bonchev–Trinajstić information content (AvgIpc) is 3.23. The molecule has 1 aromatic heterocycles. The van der Waals surface area contributed by atoms with Crippen LogP contribution < -0.4 is 19.6 Å². The van der Waals surface area contributed by atoms with Crippen LogP contribution in [0.3, 0.4) is 0 Å². The second-order valence-electron chi connectivity index (χ2n) is 9.18. The zero-order valence-corrected chi connectivity index (χ0v) is 19.9. The zero-order valence-electron chi connectivity index (χ0n) is 19.9. The van der Waals surface area contributed by atoms with Crippen LogP contribution in [-0.2, 0) is 12.8 Å². The van der Waals surface area contributed by atoms with Gasteiger partial charge in [-0.2, -0.15) is 0 Å². The summed E-state index contributed by atoms with van der Waals surface area (Å²) in [6.07, 6.45) is 4.07. The summed E-state index contributed by atoms with van der Waals surface area (Å²) in [5, 5.41) is 11.0. The lowest BCUT2D eigenvalue weighted by Gasteiger charge is -2.25. The van der Waals surface area contributed by atoms with Crippen molar-refractivity contribution in [3.8, 4) is 28.4 Å². The first-order chi connectivity index (χ1) is 15.7. The molecule has 0 saturated heterocycles. The molecule has 0 spiro atoms. The van der Waals surface area contributed by atoms with Crippen molar-refractivity contribution in [2.24, 2.45) is 0 Å². The van der Waals surface area contributed by atoms with Crippen molar-refractivity contribution in [3.63, 3.8) is 0 Å². The largest absolute Gasteiger partial charge is 0.497 e. The first kappa shape index (κ1) is 22.9. The molecule has 0 radical (unpaired) electrons. The number of hydrogen-bond acceptors (Lipinski definition) is 6. The molecule has 174 valence electrons. The van der Waals surface area contributed by atoms with Gasteiger partial charge in [-0.15, -0.1) is 0 Å². The number of methoxy groups -OCH3 is 2. The van der Waals surface area contributed by atoms with Gasteiger partial charge in [-0.1, -0.05) is 23.8 Å². The van der Waals surface area contributed by atoms with E-state index in [1.807, 2.05) is 26.0 Å². The number of rotatable bonds is 6. The fraction of sp³-hybridized carbons (Fsp3) is 0.370. The van der Waals surface area contributed by atoms with Gasteiger partial charge in [0.05, 0.1) is 25.4 Å². The van der Waals surface area contributed by atoms with E-state index < -0.39 is 11.7 Å². The van der Waals surface area contributed by atoms with E-state index in [0.717, 1.165) is 22.3 Å². The minimum Gasteiger partial charge on any atom is -0.497 e. The van der Waals surface area contributed by atoms with E-state index in [2.05, 4.69) is 6.08 Å².